The minimum Gasteiger partial charge on any atom is -0.467 e. The number of nitrogens with one attached hydrogen (secondary N) is 1. The van der Waals surface area contributed by atoms with Crippen LogP contribution < -0.4 is 5.32 Å². The van der Waals surface area contributed by atoms with Gasteiger partial charge in [0.1, 0.15) is 12.1 Å². The van der Waals surface area contributed by atoms with Gasteiger partial charge in [-0.2, -0.15) is 0 Å². The Morgan fingerprint density at radius 3 is 2.92 bits per heavy atom. The molecular weight excluding hydrogens is 354 g/mol. The number of hydrogen-bond donors (Lipinski definition) is 1. The zero-order valence-electron chi connectivity index (χ0n) is 15.2. The molecule has 9 heteroatoms. The summed E-state index contributed by atoms with van der Waals surface area (Å²) < 4.78 is 12.6. The molecule has 0 aromatic carbocycles. The minimum atomic E-state index is -0.0938. The van der Waals surface area contributed by atoms with Gasteiger partial charge in [-0.05, 0) is 26.0 Å². The molecule has 1 N–H and O–H groups in total. The second kappa shape index (κ2) is 8.70. The lowest BCUT2D eigenvalue weighted by molar-refractivity contribution is -0.119. The molecule has 0 spiro atoms. The average molecular weight is 379 g/mol. The highest BCUT2D eigenvalue weighted by molar-refractivity contribution is 7.99. The third-order valence-corrected chi connectivity index (χ3v) is 5.38. The van der Waals surface area contributed by atoms with E-state index in [4.69, 9.17) is 9.15 Å². The van der Waals surface area contributed by atoms with Crippen molar-refractivity contribution in [2.75, 3.05) is 38.6 Å². The normalized spacial score (nSPS) is 15.9. The van der Waals surface area contributed by atoms with Gasteiger partial charge in [-0.15, -0.1) is 10.2 Å². The van der Waals surface area contributed by atoms with Crippen LogP contribution in [0.5, 0.6) is 0 Å². The Morgan fingerprint density at radius 1 is 1.38 bits per heavy atom. The molecule has 1 saturated heterocycles. The second-order valence-corrected chi connectivity index (χ2v) is 7.74. The maximum atomic E-state index is 12.2. The fourth-order valence-electron chi connectivity index (χ4n) is 2.81. The number of rotatable bonds is 8. The van der Waals surface area contributed by atoms with Crippen LogP contribution in [-0.4, -0.2) is 69.7 Å². The third kappa shape index (κ3) is 5.09. The Kier molecular flexibility index (Phi) is 6.33. The van der Waals surface area contributed by atoms with Crippen molar-refractivity contribution in [2.45, 2.75) is 31.1 Å². The number of aromatic nitrogens is 3. The molecule has 1 aliphatic heterocycles. The summed E-state index contributed by atoms with van der Waals surface area (Å²) in [6.45, 7) is 8.73. The lowest BCUT2D eigenvalue weighted by Gasteiger charge is -2.40. The maximum absolute atomic E-state index is 12.2. The van der Waals surface area contributed by atoms with Crippen LogP contribution in [0.2, 0.25) is 0 Å². The minimum absolute atomic E-state index is 0.0103. The summed E-state index contributed by atoms with van der Waals surface area (Å²) in [6, 6.07) is 3.74. The van der Waals surface area contributed by atoms with Crippen molar-refractivity contribution >= 4 is 17.7 Å². The van der Waals surface area contributed by atoms with E-state index in [2.05, 4.69) is 34.3 Å². The van der Waals surface area contributed by atoms with Gasteiger partial charge < -0.3 is 19.0 Å². The fourth-order valence-corrected chi connectivity index (χ4v) is 3.56. The Hall–Kier alpha value is -1.84. The van der Waals surface area contributed by atoms with E-state index < -0.39 is 0 Å². The van der Waals surface area contributed by atoms with Crippen molar-refractivity contribution in [1.29, 1.82) is 0 Å². The van der Waals surface area contributed by atoms with Crippen molar-refractivity contribution in [1.82, 2.24) is 25.0 Å². The van der Waals surface area contributed by atoms with Crippen LogP contribution in [0, 0.1) is 0 Å². The van der Waals surface area contributed by atoms with E-state index >= 15 is 0 Å². The number of nitrogens with zero attached hydrogens (tertiary/aromatic N) is 4. The molecule has 1 fully saturated rings. The van der Waals surface area contributed by atoms with Gasteiger partial charge in [-0.1, -0.05) is 11.8 Å². The average Bonchev–Trinajstić information content (AvgIpc) is 3.31. The van der Waals surface area contributed by atoms with Gasteiger partial charge in [0.2, 0.25) is 5.91 Å². The van der Waals surface area contributed by atoms with Crippen LogP contribution in [0.1, 0.15) is 19.6 Å². The number of morpholine rings is 1. The van der Waals surface area contributed by atoms with Gasteiger partial charge in [0.25, 0.3) is 0 Å². The molecule has 0 aliphatic carbocycles. The van der Waals surface area contributed by atoms with Crippen molar-refractivity contribution < 1.29 is 13.9 Å². The molecule has 8 nitrogen and oxygen atoms in total. The van der Waals surface area contributed by atoms with E-state index in [1.165, 1.54) is 11.8 Å². The molecule has 3 heterocycles. The van der Waals surface area contributed by atoms with Crippen LogP contribution in [-0.2, 0) is 16.1 Å². The number of thioether (sulfide) groups is 1. The van der Waals surface area contributed by atoms with Crippen molar-refractivity contribution in [2.24, 2.45) is 0 Å². The molecule has 0 radical (unpaired) electrons. The zero-order chi connectivity index (χ0) is 18.4. The summed E-state index contributed by atoms with van der Waals surface area (Å²) in [5.41, 5.74) is -0.0938. The van der Waals surface area contributed by atoms with Crippen molar-refractivity contribution in [3.8, 4) is 0 Å². The predicted molar refractivity (Wildman–Crippen MR) is 98.0 cm³/mol. The first kappa shape index (κ1) is 18.9. The molecule has 26 heavy (non-hydrogen) atoms. The SMILES string of the molecule is CC(C)(CNC(=O)CSc1nncn1Cc1ccco1)N1CCOCC1. The largest absolute Gasteiger partial charge is 0.467 e. The van der Waals surface area contributed by atoms with Crippen LogP contribution in [0.15, 0.2) is 34.3 Å². The summed E-state index contributed by atoms with van der Waals surface area (Å²) in [5.74, 6) is 1.11. The van der Waals surface area contributed by atoms with E-state index in [-0.39, 0.29) is 11.4 Å². The van der Waals surface area contributed by atoms with Crippen molar-refractivity contribution in [3.63, 3.8) is 0 Å². The van der Waals surface area contributed by atoms with E-state index in [1.54, 1.807) is 12.6 Å². The molecule has 1 aliphatic rings. The smallest absolute Gasteiger partial charge is 0.230 e. The standard InChI is InChI=1S/C17H25N5O3S/c1-17(2,22-5-8-24-9-6-22)12-18-15(23)11-26-16-20-19-13-21(16)10-14-4-3-7-25-14/h3-4,7,13H,5-6,8-12H2,1-2H3,(H,18,23). The van der Waals surface area contributed by atoms with E-state index in [1.807, 2.05) is 16.7 Å². The maximum Gasteiger partial charge on any atom is 0.230 e. The number of amides is 1. The molecule has 0 atom stereocenters. The molecule has 0 bridgehead atoms. The Morgan fingerprint density at radius 2 is 2.19 bits per heavy atom. The summed E-state index contributed by atoms with van der Waals surface area (Å²) in [7, 11) is 0. The lowest BCUT2D eigenvalue weighted by Crippen LogP contribution is -2.55. The highest BCUT2D eigenvalue weighted by atomic mass is 32.2. The van der Waals surface area contributed by atoms with Crippen LogP contribution in [0.4, 0.5) is 0 Å². The summed E-state index contributed by atoms with van der Waals surface area (Å²) in [4.78, 5) is 14.6. The lowest BCUT2D eigenvalue weighted by atomic mass is 10.0. The molecule has 2 aromatic rings. The monoisotopic (exact) mass is 379 g/mol. The van der Waals surface area contributed by atoms with Gasteiger partial charge in [0.15, 0.2) is 5.16 Å². The van der Waals surface area contributed by atoms with E-state index in [9.17, 15) is 4.79 Å². The first-order valence-electron chi connectivity index (χ1n) is 8.67. The van der Waals surface area contributed by atoms with Crippen LogP contribution in [0.25, 0.3) is 0 Å². The number of carbonyl (C=O) groups is 1. The van der Waals surface area contributed by atoms with Crippen molar-refractivity contribution in [3.05, 3.63) is 30.5 Å². The quantitative estimate of drug-likeness (QED) is 0.691. The molecule has 142 valence electrons. The first-order chi connectivity index (χ1) is 12.5. The number of carbonyl (C=O) groups excluding carboxylic acids is 1. The summed E-state index contributed by atoms with van der Waals surface area (Å²) in [5, 5.41) is 11.7. The van der Waals surface area contributed by atoms with Gasteiger partial charge in [-0.25, -0.2) is 0 Å². The molecular formula is C17H25N5O3S. The van der Waals surface area contributed by atoms with Gasteiger partial charge >= 0.3 is 0 Å². The fraction of sp³-hybridized carbons (Fsp3) is 0.588. The molecule has 1 amide bonds. The molecule has 2 aromatic heterocycles. The van der Waals surface area contributed by atoms with Crippen LogP contribution in [0.3, 0.4) is 0 Å². The van der Waals surface area contributed by atoms with E-state index in [0.717, 1.165) is 32.1 Å². The van der Waals surface area contributed by atoms with Gasteiger partial charge in [0.05, 0.1) is 31.8 Å². The van der Waals surface area contributed by atoms with Gasteiger partial charge in [-0.3, -0.25) is 9.69 Å². The molecule has 0 saturated carbocycles. The van der Waals surface area contributed by atoms with Crippen LogP contribution >= 0.6 is 11.8 Å². The molecule has 3 rings (SSSR count). The highest BCUT2D eigenvalue weighted by Crippen LogP contribution is 2.17. The predicted octanol–water partition coefficient (Wildman–Crippen LogP) is 1.24. The van der Waals surface area contributed by atoms with Gasteiger partial charge in [0, 0.05) is 25.2 Å². The highest BCUT2D eigenvalue weighted by Gasteiger charge is 2.28. The topological polar surface area (TPSA) is 85.4 Å². The zero-order valence-corrected chi connectivity index (χ0v) is 16.0. The summed E-state index contributed by atoms with van der Waals surface area (Å²) >= 11 is 1.37. The Bertz CT molecular complexity index is 695. The molecule has 0 unspecified atom stereocenters. The summed E-state index contributed by atoms with van der Waals surface area (Å²) in [6.07, 6.45) is 3.28. The third-order valence-electron chi connectivity index (χ3n) is 4.40. The Labute approximate surface area is 157 Å². The number of ether oxygens (including phenoxy) is 1. The van der Waals surface area contributed by atoms with E-state index in [0.29, 0.717) is 24.0 Å². The second-order valence-electron chi connectivity index (χ2n) is 6.80. The number of hydrogen-bond acceptors (Lipinski definition) is 7. The first-order valence-corrected chi connectivity index (χ1v) is 9.66. The number of furan rings is 1. The Balaban J connectivity index is 1.45.